The third-order valence-corrected chi connectivity index (χ3v) is 2.72. The van der Waals surface area contributed by atoms with E-state index >= 15 is 0 Å². The third kappa shape index (κ3) is 2.85. The molecule has 5 nitrogen and oxygen atoms in total. The number of benzene rings is 1. The van der Waals surface area contributed by atoms with Gasteiger partial charge in [0.05, 0.1) is 0 Å². The van der Waals surface area contributed by atoms with Crippen molar-refractivity contribution >= 4 is 39.2 Å². The molecule has 2 rings (SSSR count). The second-order valence-corrected chi connectivity index (χ2v) is 4.54. The van der Waals surface area contributed by atoms with E-state index in [1.165, 1.54) is 0 Å². The van der Waals surface area contributed by atoms with Gasteiger partial charge in [0.1, 0.15) is 11.6 Å². The van der Waals surface area contributed by atoms with Crippen LogP contribution in [0.25, 0.3) is 0 Å². The first-order chi connectivity index (χ1) is 8.04. The van der Waals surface area contributed by atoms with Gasteiger partial charge >= 0.3 is 0 Å². The Labute approximate surface area is 107 Å². The summed E-state index contributed by atoms with van der Waals surface area (Å²) in [4.78, 5) is 7.87. The molecule has 0 unspecified atom stereocenters. The molecule has 0 fully saturated rings. The maximum absolute atomic E-state index is 5.60. The molecule has 0 bridgehead atoms. The molecule has 1 aromatic heterocycles. The molecule has 0 amide bonds. The highest BCUT2D eigenvalue weighted by Gasteiger charge is 2.03. The Balaban J connectivity index is 2.34. The molecule has 1 heterocycles. The Kier molecular flexibility index (Phi) is 3.14. The topological polar surface area (TPSA) is 89.8 Å². The molecule has 0 saturated heterocycles. The number of rotatable bonds is 2. The largest absolute Gasteiger partial charge is 0.383 e. The van der Waals surface area contributed by atoms with Crippen LogP contribution in [0.3, 0.4) is 0 Å². The van der Waals surface area contributed by atoms with E-state index in [2.05, 4.69) is 31.2 Å². The van der Waals surface area contributed by atoms with Crippen LogP contribution in [0.15, 0.2) is 28.7 Å². The number of halogens is 1. The zero-order valence-electron chi connectivity index (χ0n) is 9.24. The number of hydrogen-bond acceptors (Lipinski definition) is 5. The van der Waals surface area contributed by atoms with E-state index in [9.17, 15) is 0 Å². The van der Waals surface area contributed by atoms with Gasteiger partial charge in [-0.3, -0.25) is 0 Å². The Hall–Kier alpha value is -1.82. The molecule has 2 aromatic rings. The van der Waals surface area contributed by atoms with E-state index in [1.807, 2.05) is 25.1 Å². The fraction of sp³-hybridized carbons (Fsp3) is 0.0909. The van der Waals surface area contributed by atoms with Gasteiger partial charge in [-0.1, -0.05) is 22.0 Å². The molecule has 6 heteroatoms. The molecule has 0 saturated carbocycles. The number of hydrogen-bond donors (Lipinski definition) is 3. The molecule has 1 aromatic carbocycles. The monoisotopic (exact) mass is 293 g/mol. The first-order valence-electron chi connectivity index (χ1n) is 4.98. The number of nitrogens with one attached hydrogen (secondary N) is 1. The maximum Gasteiger partial charge on any atom is 0.223 e. The molecule has 0 spiro atoms. The normalized spacial score (nSPS) is 10.2. The van der Waals surface area contributed by atoms with Gasteiger partial charge in [0.15, 0.2) is 0 Å². The zero-order valence-corrected chi connectivity index (χ0v) is 10.8. The maximum atomic E-state index is 5.60. The molecular weight excluding hydrogens is 282 g/mol. The number of aromatic nitrogens is 2. The fourth-order valence-corrected chi connectivity index (χ4v) is 1.78. The van der Waals surface area contributed by atoms with Gasteiger partial charge in [0.2, 0.25) is 5.95 Å². The molecular formula is C11H12BrN5. The summed E-state index contributed by atoms with van der Waals surface area (Å²) in [6.07, 6.45) is 0. The first kappa shape index (κ1) is 11.7. The Morgan fingerprint density at radius 3 is 2.65 bits per heavy atom. The minimum absolute atomic E-state index is 0.153. The van der Waals surface area contributed by atoms with Gasteiger partial charge in [-0.25, -0.2) is 0 Å². The lowest BCUT2D eigenvalue weighted by molar-refractivity contribution is 1.19. The van der Waals surface area contributed by atoms with Gasteiger partial charge in [0, 0.05) is 16.2 Å². The van der Waals surface area contributed by atoms with Gasteiger partial charge < -0.3 is 16.8 Å². The predicted molar refractivity (Wildman–Crippen MR) is 73.0 cm³/mol. The molecule has 0 aliphatic heterocycles. The molecule has 5 N–H and O–H groups in total. The van der Waals surface area contributed by atoms with Crippen molar-refractivity contribution in [2.75, 3.05) is 16.8 Å². The Morgan fingerprint density at radius 1 is 1.18 bits per heavy atom. The standard InChI is InChI=1S/C11H12BrN5/c1-6-2-3-7(12)4-8(6)15-10-5-9(13)16-11(14)17-10/h2-5H,1H3,(H5,13,14,15,16,17). The van der Waals surface area contributed by atoms with Crippen LogP contribution in [0, 0.1) is 6.92 Å². The summed E-state index contributed by atoms with van der Waals surface area (Å²) in [6, 6.07) is 7.57. The van der Waals surface area contributed by atoms with Crippen molar-refractivity contribution in [3.8, 4) is 0 Å². The van der Waals surface area contributed by atoms with Crippen molar-refractivity contribution in [2.24, 2.45) is 0 Å². The third-order valence-electron chi connectivity index (χ3n) is 2.23. The lowest BCUT2D eigenvalue weighted by Gasteiger charge is -2.10. The van der Waals surface area contributed by atoms with E-state index in [0.29, 0.717) is 11.6 Å². The summed E-state index contributed by atoms with van der Waals surface area (Å²) in [6.45, 7) is 2.00. The van der Waals surface area contributed by atoms with E-state index in [4.69, 9.17) is 11.5 Å². The van der Waals surface area contributed by atoms with Crippen LogP contribution in [0.2, 0.25) is 0 Å². The minimum atomic E-state index is 0.153. The van der Waals surface area contributed by atoms with E-state index in [-0.39, 0.29) is 5.95 Å². The lowest BCUT2D eigenvalue weighted by atomic mass is 10.2. The first-order valence-corrected chi connectivity index (χ1v) is 5.77. The summed E-state index contributed by atoms with van der Waals surface area (Å²) >= 11 is 3.42. The molecule has 0 aliphatic rings. The second-order valence-electron chi connectivity index (χ2n) is 3.62. The van der Waals surface area contributed by atoms with Crippen molar-refractivity contribution in [1.29, 1.82) is 0 Å². The average molecular weight is 294 g/mol. The molecule has 0 aliphatic carbocycles. The van der Waals surface area contributed by atoms with Crippen LogP contribution in [-0.4, -0.2) is 9.97 Å². The molecule has 0 radical (unpaired) electrons. The SMILES string of the molecule is Cc1ccc(Br)cc1Nc1cc(N)nc(N)n1. The summed E-state index contributed by atoms with van der Waals surface area (Å²) in [5.74, 6) is 1.07. The van der Waals surface area contributed by atoms with Crippen LogP contribution >= 0.6 is 15.9 Å². The van der Waals surface area contributed by atoms with Gasteiger partial charge in [-0.15, -0.1) is 0 Å². The highest BCUT2D eigenvalue weighted by Crippen LogP contribution is 2.24. The van der Waals surface area contributed by atoms with Crippen LogP contribution in [0.4, 0.5) is 23.3 Å². The Bertz CT molecular complexity index is 535. The fourth-order valence-electron chi connectivity index (χ4n) is 1.42. The Morgan fingerprint density at radius 2 is 1.94 bits per heavy atom. The van der Waals surface area contributed by atoms with Crippen molar-refractivity contribution in [1.82, 2.24) is 9.97 Å². The number of nitrogens with zero attached hydrogens (tertiary/aromatic N) is 2. The van der Waals surface area contributed by atoms with Gasteiger partial charge in [-0.05, 0) is 24.6 Å². The summed E-state index contributed by atoms with van der Waals surface area (Å²) in [5, 5.41) is 3.15. The highest BCUT2D eigenvalue weighted by atomic mass is 79.9. The van der Waals surface area contributed by atoms with Gasteiger partial charge in [0.25, 0.3) is 0 Å². The molecule has 0 atom stereocenters. The average Bonchev–Trinajstić information content (AvgIpc) is 2.22. The van der Waals surface area contributed by atoms with Crippen molar-refractivity contribution in [3.63, 3.8) is 0 Å². The summed E-state index contributed by atoms with van der Waals surface area (Å²) in [5.41, 5.74) is 13.2. The van der Waals surface area contributed by atoms with Gasteiger partial charge in [-0.2, -0.15) is 9.97 Å². The van der Waals surface area contributed by atoms with E-state index in [0.717, 1.165) is 15.7 Å². The van der Waals surface area contributed by atoms with Crippen molar-refractivity contribution in [2.45, 2.75) is 6.92 Å². The van der Waals surface area contributed by atoms with Crippen LogP contribution in [0.5, 0.6) is 0 Å². The second kappa shape index (κ2) is 4.58. The van der Waals surface area contributed by atoms with E-state index < -0.39 is 0 Å². The van der Waals surface area contributed by atoms with Crippen molar-refractivity contribution in [3.05, 3.63) is 34.3 Å². The van der Waals surface area contributed by atoms with Crippen LogP contribution in [-0.2, 0) is 0 Å². The molecule has 17 heavy (non-hydrogen) atoms. The zero-order chi connectivity index (χ0) is 12.4. The van der Waals surface area contributed by atoms with Crippen LogP contribution in [0.1, 0.15) is 5.56 Å². The quantitative estimate of drug-likeness (QED) is 0.791. The summed E-state index contributed by atoms with van der Waals surface area (Å²) in [7, 11) is 0. The number of nitrogen functional groups attached to an aromatic ring is 2. The number of anilines is 4. The lowest BCUT2D eigenvalue weighted by Crippen LogP contribution is -2.03. The smallest absolute Gasteiger partial charge is 0.223 e. The molecule has 88 valence electrons. The number of aryl methyl sites for hydroxylation is 1. The minimum Gasteiger partial charge on any atom is -0.383 e. The predicted octanol–water partition coefficient (Wildman–Crippen LogP) is 2.46. The summed E-state index contributed by atoms with van der Waals surface area (Å²) < 4.78 is 0.987. The number of nitrogens with two attached hydrogens (primary N) is 2. The van der Waals surface area contributed by atoms with Crippen LogP contribution < -0.4 is 16.8 Å². The van der Waals surface area contributed by atoms with E-state index in [1.54, 1.807) is 6.07 Å². The van der Waals surface area contributed by atoms with Crippen molar-refractivity contribution < 1.29 is 0 Å². The highest BCUT2D eigenvalue weighted by molar-refractivity contribution is 9.10.